The number of rotatable bonds is 8. The van der Waals surface area contributed by atoms with Gasteiger partial charge in [0.2, 0.25) is 0 Å². The predicted octanol–water partition coefficient (Wildman–Crippen LogP) is 2.45. The van der Waals surface area contributed by atoms with E-state index in [0.29, 0.717) is 18.7 Å². The van der Waals surface area contributed by atoms with Gasteiger partial charge in [-0.05, 0) is 39.2 Å². The minimum absolute atomic E-state index is 0.209. The zero-order chi connectivity index (χ0) is 16.7. The number of H-pyrrole nitrogens is 1. The molecule has 1 heterocycles. The van der Waals surface area contributed by atoms with Gasteiger partial charge in [-0.2, -0.15) is 5.10 Å². The average molecular weight is 321 g/mol. The van der Waals surface area contributed by atoms with E-state index in [9.17, 15) is 0 Å². The second-order valence-corrected chi connectivity index (χ2v) is 6.09. The fourth-order valence-electron chi connectivity index (χ4n) is 3.61. The van der Waals surface area contributed by atoms with E-state index in [0.717, 1.165) is 44.1 Å². The molecule has 130 valence electrons. The molecule has 2 atom stereocenters. The van der Waals surface area contributed by atoms with Gasteiger partial charge in [0.15, 0.2) is 5.96 Å². The molecular formula is C17H31N5O. The van der Waals surface area contributed by atoms with Crippen molar-refractivity contribution < 1.29 is 4.74 Å². The van der Waals surface area contributed by atoms with Gasteiger partial charge in [-0.3, -0.25) is 5.10 Å². The zero-order valence-electron chi connectivity index (χ0n) is 14.9. The molecular weight excluding hydrogens is 290 g/mol. The molecule has 23 heavy (non-hydrogen) atoms. The summed E-state index contributed by atoms with van der Waals surface area (Å²) in [5.74, 6) is 0.869. The third-order valence-corrected chi connectivity index (χ3v) is 5.09. The van der Waals surface area contributed by atoms with Crippen molar-refractivity contribution in [2.75, 3.05) is 13.2 Å². The van der Waals surface area contributed by atoms with E-state index in [1.165, 1.54) is 0 Å². The summed E-state index contributed by atoms with van der Waals surface area (Å²) in [5.41, 5.74) is 1.22. The van der Waals surface area contributed by atoms with Crippen LogP contribution < -0.4 is 10.6 Å². The molecule has 2 unspecified atom stereocenters. The Hall–Kier alpha value is -1.56. The van der Waals surface area contributed by atoms with Gasteiger partial charge in [0.25, 0.3) is 0 Å². The number of guanidine groups is 1. The number of hydrogen-bond acceptors (Lipinski definition) is 3. The molecule has 1 saturated carbocycles. The summed E-state index contributed by atoms with van der Waals surface area (Å²) >= 11 is 0. The lowest BCUT2D eigenvalue weighted by Crippen LogP contribution is -2.65. The van der Waals surface area contributed by atoms with E-state index in [4.69, 9.17) is 4.74 Å². The molecule has 0 saturated heterocycles. The molecule has 0 spiro atoms. The van der Waals surface area contributed by atoms with Crippen molar-refractivity contribution in [3.8, 4) is 0 Å². The molecule has 0 radical (unpaired) electrons. The molecule has 0 amide bonds. The normalized spacial score (nSPS) is 23.4. The van der Waals surface area contributed by atoms with E-state index in [-0.39, 0.29) is 5.41 Å². The summed E-state index contributed by atoms with van der Waals surface area (Å²) in [5, 5.41) is 13.9. The molecule has 2 rings (SSSR count). The summed E-state index contributed by atoms with van der Waals surface area (Å²) < 4.78 is 5.95. The first-order valence-corrected chi connectivity index (χ1v) is 8.84. The minimum Gasteiger partial charge on any atom is -0.378 e. The van der Waals surface area contributed by atoms with Crippen LogP contribution in [0.3, 0.4) is 0 Å². The van der Waals surface area contributed by atoms with Crippen molar-refractivity contribution in [1.82, 2.24) is 20.8 Å². The van der Waals surface area contributed by atoms with Gasteiger partial charge in [-0.25, -0.2) is 4.99 Å². The largest absolute Gasteiger partial charge is 0.378 e. The van der Waals surface area contributed by atoms with Gasteiger partial charge >= 0.3 is 0 Å². The summed E-state index contributed by atoms with van der Waals surface area (Å²) in [4.78, 5) is 4.67. The summed E-state index contributed by atoms with van der Waals surface area (Å²) in [6, 6.07) is 2.36. The van der Waals surface area contributed by atoms with Crippen LogP contribution in [0, 0.1) is 5.41 Å². The maximum absolute atomic E-state index is 5.95. The molecule has 6 nitrogen and oxygen atoms in total. The standard InChI is InChI=1S/C17H31N5O/c1-5-17(6-2)14(11-15(17)23-8-4)21-16(18-7-3)19-12-13-9-10-20-22-13/h9-10,14-15H,5-8,11-12H2,1-4H3,(H,20,22)(H2,18,19,21). The Labute approximate surface area is 139 Å². The topological polar surface area (TPSA) is 74.3 Å². The number of ether oxygens (including phenoxy) is 1. The smallest absolute Gasteiger partial charge is 0.191 e. The molecule has 6 heteroatoms. The number of nitrogens with zero attached hydrogens (tertiary/aromatic N) is 2. The highest BCUT2D eigenvalue weighted by Gasteiger charge is 2.53. The van der Waals surface area contributed by atoms with Gasteiger partial charge in [-0.1, -0.05) is 13.8 Å². The highest BCUT2D eigenvalue weighted by atomic mass is 16.5. The Balaban J connectivity index is 2.02. The predicted molar refractivity (Wildman–Crippen MR) is 93.4 cm³/mol. The lowest BCUT2D eigenvalue weighted by atomic mass is 9.58. The quantitative estimate of drug-likeness (QED) is 0.508. The summed E-state index contributed by atoms with van der Waals surface area (Å²) in [6.45, 7) is 10.9. The molecule has 1 aromatic rings. The van der Waals surface area contributed by atoms with E-state index >= 15 is 0 Å². The van der Waals surface area contributed by atoms with Crippen LogP contribution in [0.1, 0.15) is 52.7 Å². The van der Waals surface area contributed by atoms with Crippen molar-refractivity contribution in [1.29, 1.82) is 0 Å². The van der Waals surface area contributed by atoms with Crippen molar-refractivity contribution in [3.05, 3.63) is 18.0 Å². The number of hydrogen-bond donors (Lipinski definition) is 3. The van der Waals surface area contributed by atoms with E-state index in [1.54, 1.807) is 6.20 Å². The number of aliphatic imine (C=N–C) groups is 1. The lowest BCUT2D eigenvalue weighted by molar-refractivity contribution is -0.133. The maximum atomic E-state index is 5.95. The van der Waals surface area contributed by atoms with Crippen LogP contribution in [0.2, 0.25) is 0 Å². The lowest BCUT2D eigenvalue weighted by Gasteiger charge is -2.55. The van der Waals surface area contributed by atoms with Crippen LogP contribution in [-0.4, -0.2) is 41.5 Å². The molecule has 0 aliphatic heterocycles. The Kier molecular flexibility index (Phi) is 6.45. The highest BCUT2D eigenvalue weighted by molar-refractivity contribution is 5.80. The summed E-state index contributed by atoms with van der Waals surface area (Å²) in [7, 11) is 0. The van der Waals surface area contributed by atoms with Crippen molar-refractivity contribution >= 4 is 5.96 Å². The van der Waals surface area contributed by atoms with E-state index in [2.05, 4.69) is 53.5 Å². The van der Waals surface area contributed by atoms with Crippen LogP contribution >= 0.6 is 0 Å². The Morgan fingerprint density at radius 2 is 2.17 bits per heavy atom. The minimum atomic E-state index is 0.209. The van der Waals surface area contributed by atoms with Gasteiger partial charge in [0, 0.05) is 30.8 Å². The Morgan fingerprint density at radius 1 is 1.39 bits per heavy atom. The highest BCUT2D eigenvalue weighted by Crippen LogP contribution is 2.48. The second kappa shape index (κ2) is 8.34. The fourth-order valence-corrected chi connectivity index (χ4v) is 3.61. The van der Waals surface area contributed by atoms with Gasteiger partial charge in [0.1, 0.15) is 0 Å². The van der Waals surface area contributed by atoms with Crippen LogP contribution in [0.25, 0.3) is 0 Å². The van der Waals surface area contributed by atoms with Crippen molar-refractivity contribution in [2.45, 2.75) is 65.6 Å². The SMILES string of the molecule is CCNC(=NCc1ccn[nH]1)NC1CC(OCC)C1(CC)CC. The second-order valence-electron chi connectivity index (χ2n) is 6.09. The first kappa shape index (κ1) is 17.8. The maximum Gasteiger partial charge on any atom is 0.191 e. The zero-order valence-corrected chi connectivity index (χ0v) is 14.9. The third-order valence-electron chi connectivity index (χ3n) is 5.09. The fraction of sp³-hybridized carbons (Fsp3) is 0.765. The number of nitrogens with one attached hydrogen (secondary N) is 3. The average Bonchev–Trinajstić information content (AvgIpc) is 3.06. The molecule has 1 aliphatic carbocycles. The third kappa shape index (κ3) is 3.86. The first-order chi connectivity index (χ1) is 11.2. The van der Waals surface area contributed by atoms with Gasteiger partial charge in [0.05, 0.1) is 18.3 Å². The Bertz CT molecular complexity index is 481. The van der Waals surface area contributed by atoms with Gasteiger partial charge < -0.3 is 15.4 Å². The molecule has 0 aromatic carbocycles. The van der Waals surface area contributed by atoms with Crippen LogP contribution in [0.5, 0.6) is 0 Å². The van der Waals surface area contributed by atoms with Crippen molar-refractivity contribution in [3.63, 3.8) is 0 Å². The number of aromatic amines is 1. The molecule has 0 bridgehead atoms. The molecule has 3 N–H and O–H groups in total. The first-order valence-electron chi connectivity index (χ1n) is 8.84. The van der Waals surface area contributed by atoms with Gasteiger partial charge in [-0.15, -0.1) is 0 Å². The van der Waals surface area contributed by atoms with Crippen molar-refractivity contribution in [2.24, 2.45) is 10.4 Å². The van der Waals surface area contributed by atoms with E-state index in [1.807, 2.05) is 6.07 Å². The molecule has 1 aliphatic rings. The van der Waals surface area contributed by atoms with Crippen LogP contribution in [0.4, 0.5) is 0 Å². The summed E-state index contributed by atoms with van der Waals surface area (Å²) in [6.07, 6.45) is 5.39. The molecule has 1 aromatic heterocycles. The van der Waals surface area contributed by atoms with Crippen LogP contribution in [0.15, 0.2) is 17.3 Å². The molecule has 1 fully saturated rings. The van der Waals surface area contributed by atoms with E-state index < -0.39 is 0 Å². The Morgan fingerprint density at radius 3 is 2.74 bits per heavy atom. The monoisotopic (exact) mass is 321 g/mol. The number of aromatic nitrogens is 2. The van der Waals surface area contributed by atoms with Crippen LogP contribution in [-0.2, 0) is 11.3 Å².